The summed E-state index contributed by atoms with van der Waals surface area (Å²) in [7, 11) is -3.62. The molecule has 0 bridgehead atoms. The molecule has 9 heteroatoms. The molecule has 0 spiro atoms. The van der Waals surface area contributed by atoms with E-state index in [9.17, 15) is 13.5 Å². The first-order valence-corrected chi connectivity index (χ1v) is 15.2. The molecule has 0 saturated carbocycles. The zero-order valence-corrected chi connectivity index (χ0v) is 23.9. The molecule has 1 atom stereocenters. The second-order valence-corrected chi connectivity index (χ2v) is 12.4. The normalized spacial score (nSPS) is 12.6. The van der Waals surface area contributed by atoms with Crippen molar-refractivity contribution in [3.8, 4) is 11.5 Å². The van der Waals surface area contributed by atoms with Crippen molar-refractivity contribution >= 4 is 37.5 Å². The maximum atomic E-state index is 12.6. The number of fused-ring (bicyclic) bond motifs is 3. The first-order valence-electron chi connectivity index (χ1n) is 13.6. The summed E-state index contributed by atoms with van der Waals surface area (Å²) in [5, 5.41) is 15.7. The highest BCUT2D eigenvalue weighted by Gasteiger charge is 2.20. The molecule has 0 aliphatic carbocycles. The number of hydrogen-bond acceptors (Lipinski definition) is 6. The number of para-hydroxylation sites is 1. The zero-order valence-electron chi connectivity index (χ0n) is 23.1. The highest BCUT2D eigenvalue weighted by atomic mass is 32.2. The van der Waals surface area contributed by atoms with Gasteiger partial charge in [0.05, 0.1) is 22.6 Å². The van der Waals surface area contributed by atoms with Crippen LogP contribution in [0.2, 0.25) is 0 Å². The summed E-state index contributed by atoms with van der Waals surface area (Å²) in [6.45, 7) is 4.71. The molecule has 0 radical (unpaired) electrons. The predicted molar refractivity (Wildman–Crippen MR) is 164 cm³/mol. The van der Waals surface area contributed by atoms with Gasteiger partial charge in [-0.15, -0.1) is 0 Å². The molecule has 0 saturated heterocycles. The van der Waals surface area contributed by atoms with E-state index >= 15 is 0 Å². The number of hydrogen-bond donors (Lipinski definition) is 4. The monoisotopic (exact) mass is 573 g/mol. The second kappa shape index (κ2) is 12.6. The molecule has 8 nitrogen and oxygen atoms in total. The maximum Gasteiger partial charge on any atom is 0.235 e. The third-order valence-electron chi connectivity index (χ3n) is 6.86. The summed E-state index contributed by atoms with van der Waals surface area (Å²) >= 11 is 0. The lowest BCUT2D eigenvalue weighted by molar-refractivity contribution is 0.172. The third kappa shape index (κ3) is 7.00. The van der Waals surface area contributed by atoms with E-state index in [1.807, 2.05) is 54.6 Å². The van der Waals surface area contributed by atoms with E-state index in [0.717, 1.165) is 27.7 Å². The van der Waals surface area contributed by atoms with Crippen molar-refractivity contribution in [1.29, 1.82) is 0 Å². The standard InChI is InChI=1S/C32H35N3O5S/c1-22(2)41(37,38)35-30-18-24(12-15-32(30)40-21-23-8-4-3-5-9-23)31(36)20-33-16-17-39-25-13-14-27-26-10-6-7-11-28(26)34-29(27)19-25/h3-15,18-19,22,31,33-36H,16-17,20-21H2,1-2H3. The smallest absolute Gasteiger partial charge is 0.235 e. The maximum absolute atomic E-state index is 12.6. The van der Waals surface area contributed by atoms with E-state index in [1.54, 1.807) is 32.0 Å². The second-order valence-electron chi connectivity index (χ2n) is 10.2. The van der Waals surface area contributed by atoms with Gasteiger partial charge in [-0.2, -0.15) is 0 Å². The lowest BCUT2D eigenvalue weighted by Gasteiger charge is -2.19. The van der Waals surface area contributed by atoms with Gasteiger partial charge in [0.1, 0.15) is 24.7 Å². The first-order chi connectivity index (χ1) is 19.8. The van der Waals surface area contributed by atoms with Crippen LogP contribution in [-0.4, -0.2) is 43.5 Å². The van der Waals surface area contributed by atoms with E-state index in [2.05, 4.69) is 33.2 Å². The van der Waals surface area contributed by atoms with Crippen LogP contribution in [0.4, 0.5) is 5.69 Å². The van der Waals surface area contributed by atoms with Crippen LogP contribution in [0.1, 0.15) is 31.1 Å². The van der Waals surface area contributed by atoms with Crippen molar-refractivity contribution in [1.82, 2.24) is 10.3 Å². The molecule has 1 unspecified atom stereocenters. The molecule has 5 rings (SSSR count). The molecule has 214 valence electrons. The molecular weight excluding hydrogens is 538 g/mol. The predicted octanol–water partition coefficient (Wildman–Crippen LogP) is 5.75. The Labute approximate surface area is 240 Å². The van der Waals surface area contributed by atoms with Crippen LogP contribution in [0, 0.1) is 0 Å². The van der Waals surface area contributed by atoms with Crippen molar-refractivity contribution in [2.24, 2.45) is 0 Å². The fourth-order valence-corrected chi connectivity index (χ4v) is 5.19. The molecule has 5 aromatic rings. The van der Waals surface area contributed by atoms with E-state index < -0.39 is 21.4 Å². The van der Waals surface area contributed by atoms with Crippen LogP contribution in [0.3, 0.4) is 0 Å². The Hall–Kier alpha value is -4.05. The van der Waals surface area contributed by atoms with Crippen molar-refractivity contribution in [2.75, 3.05) is 24.4 Å². The van der Waals surface area contributed by atoms with Gasteiger partial charge in [-0.1, -0.05) is 54.6 Å². The number of benzene rings is 4. The van der Waals surface area contributed by atoms with Crippen LogP contribution >= 0.6 is 0 Å². The minimum Gasteiger partial charge on any atom is -0.492 e. The van der Waals surface area contributed by atoms with E-state index in [4.69, 9.17) is 9.47 Å². The van der Waals surface area contributed by atoms with Gasteiger partial charge in [-0.25, -0.2) is 8.42 Å². The molecule has 4 aromatic carbocycles. The Bertz CT molecular complexity index is 1720. The molecular formula is C32H35N3O5S. The van der Waals surface area contributed by atoms with Crippen LogP contribution in [-0.2, 0) is 16.6 Å². The van der Waals surface area contributed by atoms with Gasteiger partial charge in [0.2, 0.25) is 10.0 Å². The number of aliphatic hydroxyl groups is 1. The van der Waals surface area contributed by atoms with Gasteiger partial charge in [-0.05, 0) is 55.3 Å². The van der Waals surface area contributed by atoms with E-state index in [1.165, 1.54) is 5.39 Å². The summed E-state index contributed by atoms with van der Waals surface area (Å²) in [6, 6.07) is 28.9. The van der Waals surface area contributed by atoms with Gasteiger partial charge in [0.15, 0.2) is 0 Å². The molecule has 0 aliphatic heterocycles. The summed E-state index contributed by atoms with van der Waals surface area (Å²) in [4.78, 5) is 3.42. The van der Waals surface area contributed by atoms with Crippen molar-refractivity contribution in [2.45, 2.75) is 31.8 Å². The van der Waals surface area contributed by atoms with Crippen LogP contribution in [0.15, 0.2) is 91.0 Å². The summed E-state index contributed by atoms with van der Waals surface area (Å²) < 4.78 is 39.7. The minimum absolute atomic E-state index is 0.269. The fraction of sp³-hybridized carbons (Fsp3) is 0.250. The quantitative estimate of drug-likeness (QED) is 0.133. The lowest BCUT2D eigenvalue weighted by atomic mass is 10.1. The first kappa shape index (κ1) is 28.5. The molecule has 0 fully saturated rings. The summed E-state index contributed by atoms with van der Waals surface area (Å²) in [5.74, 6) is 1.15. The average molecular weight is 574 g/mol. The zero-order chi connectivity index (χ0) is 28.8. The number of anilines is 1. The Kier molecular flexibility index (Phi) is 8.78. The SMILES string of the molecule is CC(C)S(=O)(=O)Nc1cc(C(O)CNCCOc2ccc3c(c2)[nH]c2ccccc23)ccc1OCc1ccccc1. The van der Waals surface area contributed by atoms with Crippen molar-refractivity contribution in [3.63, 3.8) is 0 Å². The summed E-state index contributed by atoms with van der Waals surface area (Å²) in [6.07, 6.45) is -0.858. The Morgan fingerprint density at radius 3 is 2.41 bits per heavy atom. The molecule has 1 aromatic heterocycles. The van der Waals surface area contributed by atoms with Crippen molar-refractivity contribution in [3.05, 3.63) is 102 Å². The Balaban J connectivity index is 1.18. The molecule has 1 heterocycles. The molecule has 4 N–H and O–H groups in total. The largest absolute Gasteiger partial charge is 0.492 e. The number of aromatic amines is 1. The van der Waals surface area contributed by atoms with Crippen LogP contribution in [0.25, 0.3) is 21.8 Å². The van der Waals surface area contributed by atoms with E-state index in [0.29, 0.717) is 30.2 Å². The highest BCUT2D eigenvalue weighted by molar-refractivity contribution is 7.93. The number of aromatic nitrogens is 1. The number of H-pyrrole nitrogens is 1. The van der Waals surface area contributed by atoms with Crippen LogP contribution in [0.5, 0.6) is 11.5 Å². The van der Waals surface area contributed by atoms with Crippen LogP contribution < -0.4 is 19.5 Å². The van der Waals surface area contributed by atoms with E-state index in [-0.39, 0.29) is 13.2 Å². The van der Waals surface area contributed by atoms with Crippen molar-refractivity contribution < 1.29 is 23.0 Å². The summed E-state index contributed by atoms with van der Waals surface area (Å²) in [5.41, 5.74) is 3.93. The van der Waals surface area contributed by atoms with Gasteiger partial charge in [0.25, 0.3) is 0 Å². The topological polar surface area (TPSA) is 113 Å². The third-order valence-corrected chi connectivity index (χ3v) is 8.61. The van der Waals surface area contributed by atoms with Gasteiger partial charge in [-0.3, -0.25) is 4.72 Å². The van der Waals surface area contributed by atoms with Gasteiger partial charge < -0.3 is 24.9 Å². The Morgan fingerprint density at radius 2 is 1.61 bits per heavy atom. The fourth-order valence-electron chi connectivity index (χ4n) is 4.49. The molecule has 41 heavy (non-hydrogen) atoms. The lowest BCUT2D eigenvalue weighted by Crippen LogP contribution is -2.26. The van der Waals surface area contributed by atoms with Gasteiger partial charge in [0, 0.05) is 35.4 Å². The highest BCUT2D eigenvalue weighted by Crippen LogP contribution is 2.31. The number of sulfonamides is 1. The number of aliphatic hydroxyl groups excluding tert-OH is 1. The molecule has 0 amide bonds. The number of rotatable bonds is 13. The Morgan fingerprint density at radius 1 is 0.854 bits per heavy atom. The molecule has 0 aliphatic rings. The number of ether oxygens (including phenoxy) is 2. The van der Waals surface area contributed by atoms with Gasteiger partial charge >= 0.3 is 0 Å². The minimum atomic E-state index is -3.62. The number of nitrogens with one attached hydrogen (secondary N) is 3. The average Bonchev–Trinajstić information content (AvgIpc) is 3.34.